The quantitative estimate of drug-likeness (QED) is 0.827. The van der Waals surface area contributed by atoms with Crippen LogP contribution < -0.4 is 0 Å². The van der Waals surface area contributed by atoms with Gasteiger partial charge in [0, 0.05) is 12.1 Å². The van der Waals surface area contributed by atoms with Gasteiger partial charge in [-0.15, -0.1) is 0 Å². The fourth-order valence-electron chi connectivity index (χ4n) is 3.67. The van der Waals surface area contributed by atoms with E-state index >= 15 is 0 Å². The highest BCUT2D eigenvalue weighted by atomic mass is 15.2. The molecule has 2 atom stereocenters. The second-order valence-electron chi connectivity index (χ2n) is 5.98. The molecule has 0 bridgehead atoms. The molecular weight excluding hydrogens is 246 g/mol. The van der Waals surface area contributed by atoms with Gasteiger partial charge in [-0.25, -0.2) is 4.98 Å². The topological polar surface area (TPSA) is 21.1 Å². The zero-order valence-corrected chi connectivity index (χ0v) is 12.8. The van der Waals surface area contributed by atoms with Crippen LogP contribution in [-0.4, -0.2) is 33.6 Å². The maximum atomic E-state index is 4.57. The molecule has 0 amide bonds. The molecule has 0 N–H and O–H groups in total. The summed E-state index contributed by atoms with van der Waals surface area (Å²) in [5.74, 6) is 0. The van der Waals surface area contributed by atoms with Gasteiger partial charge in [-0.1, -0.05) is 26.0 Å². The summed E-state index contributed by atoms with van der Waals surface area (Å²) >= 11 is 0. The van der Waals surface area contributed by atoms with Gasteiger partial charge in [-0.3, -0.25) is 4.90 Å². The number of rotatable bonds is 5. The second kappa shape index (κ2) is 5.57. The van der Waals surface area contributed by atoms with Gasteiger partial charge in [0.25, 0.3) is 0 Å². The van der Waals surface area contributed by atoms with Crippen molar-refractivity contribution in [3.05, 3.63) is 30.1 Å². The summed E-state index contributed by atoms with van der Waals surface area (Å²) in [4.78, 5) is 7.24. The number of hydrogen-bond donors (Lipinski definition) is 0. The minimum atomic E-state index is 0.507. The van der Waals surface area contributed by atoms with Crippen molar-refractivity contribution in [2.75, 3.05) is 13.1 Å². The van der Waals surface area contributed by atoms with Crippen molar-refractivity contribution in [1.82, 2.24) is 14.5 Å². The number of imidazole rings is 1. The van der Waals surface area contributed by atoms with Crippen molar-refractivity contribution in [1.29, 1.82) is 0 Å². The fraction of sp³-hybridized carbons (Fsp3) is 0.588. The van der Waals surface area contributed by atoms with Crippen LogP contribution in [0.3, 0.4) is 0 Å². The first kappa shape index (κ1) is 13.6. The summed E-state index contributed by atoms with van der Waals surface area (Å²) in [6.07, 6.45) is 5.64. The minimum Gasteiger partial charge on any atom is -0.326 e. The van der Waals surface area contributed by atoms with E-state index in [9.17, 15) is 0 Å². The van der Waals surface area contributed by atoms with Crippen LogP contribution in [0.5, 0.6) is 0 Å². The molecule has 3 nitrogen and oxygen atoms in total. The van der Waals surface area contributed by atoms with Gasteiger partial charge in [0.2, 0.25) is 0 Å². The maximum Gasteiger partial charge on any atom is 0.0961 e. The average molecular weight is 271 g/mol. The van der Waals surface area contributed by atoms with Gasteiger partial charge < -0.3 is 4.57 Å². The van der Waals surface area contributed by atoms with Gasteiger partial charge >= 0.3 is 0 Å². The number of benzene rings is 1. The van der Waals surface area contributed by atoms with E-state index in [0.717, 1.165) is 11.9 Å². The Balaban J connectivity index is 1.97. The van der Waals surface area contributed by atoms with Crippen molar-refractivity contribution in [2.45, 2.75) is 52.1 Å². The Morgan fingerprint density at radius 3 is 2.70 bits per heavy atom. The molecule has 0 saturated carbocycles. The predicted octanol–water partition coefficient (Wildman–Crippen LogP) is 3.64. The third kappa shape index (κ3) is 2.14. The molecule has 1 aromatic heterocycles. The molecule has 3 heteroatoms. The van der Waals surface area contributed by atoms with E-state index in [1.165, 1.54) is 37.0 Å². The molecule has 1 aliphatic rings. The first-order valence-corrected chi connectivity index (χ1v) is 7.94. The van der Waals surface area contributed by atoms with Crippen LogP contribution in [0.4, 0.5) is 0 Å². The summed E-state index contributed by atoms with van der Waals surface area (Å²) in [7, 11) is 0. The Bertz CT molecular complexity index is 581. The lowest BCUT2D eigenvalue weighted by molar-refractivity contribution is 0.146. The van der Waals surface area contributed by atoms with Gasteiger partial charge in [0.05, 0.1) is 17.4 Å². The van der Waals surface area contributed by atoms with Crippen molar-refractivity contribution in [3.63, 3.8) is 0 Å². The Hall–Kier alpha value is -1.35. The second-order valence-corrected chi connectivity index (χ2v) is 5.98. The highest BCUT2D eigenvalue weighted by Crippen LogP contribution is 2.33. The Morgan fingerprint density at radius 2 is 2.00 bits per heavy atom. The van der Waals surface area contributed by atoms with Gasteiger partial charge in [0.15, 0.2) is 0 Å². The number of aromatic nitrogens is 2. The lowest BCUT2D eigenvalue weighted by Crippen LogP contribution is -2.44. The normalized spacial score (nSPS) is 21.8. The summed E-state index contributed by atoms with van der Waals surface area (Å²) in [6, 6.07) is 7.65. The molecule has 1 aromatic carbocycles. The largest absolute Gasteiger partial charge is 0.326 e. The molecule has 3 rings (SSSR count). The number of hydrogen-bond acceptors (Lipinski definition) is 2. The minimum absolute atomic E-state index is 0.507. The zero-order chi connectivity index (χ0) is 14.1. The van der Waals surface area contributed by atoms with Crippen molar-refractivity contribution < 1.29 is 0 Å². The standard InChI is InChI=1S/C17H25N3/c1-4-9-19(10-5-2)16-11-14-7-6-8-15-17(14)20(12-18-15)13(16)3/h6-8,12-13,16H,4-5,9-11H2,1-3H3. The SMILES string of the molecule is CCCN(CCC)C1Cc2cccc3ncn(c23)C1C. The third-order valence-corrected chi connectivity index (χ3v) is 4.59. The molecule has 0 spiro atoms. The van der Waals surface area contributed by atoms with Gasteiger partial charge in [-0.05, 0) is 50.9 Å². The van der Waals surface area contributed by atoms with Crippen molar-refractivity contribution in [2.24, 2.45) is 0 Å². The van der Waals surface area contributed by atoms with Crippen LogP contribution in [-0.2, 0) is 6.42 Å². The van der Waals surface area contributed by atoms with E-state index < -0.39 is 0 Å². The van der Waals surface area contributed by atoms with E-state index in [4.69, 9.17) is 0 Å². The molecule has 20 heavy (non-hydrogen) atoms. The van der Waals surface area contributed by atoms with Crippen LogP contribution >= 0.6 is 0 Å². The van der Waals surface area contributed by atoms with Crippen LogP contribution in [0.2, 0.25) is 0 Å². The molecular formula is C17H25N3. The first-order valence-electron chi connectivity index (χ1n) is 7.94. The highest BCUT2D eigenvalue weighted by molar-refractivity contribution is 5.80. The number of para-hydroxylation sites is 1. The van der Waals surface area contributed by atoms with E-state index in [1.807, 2.05) is 6.33 Å². The highest BCUT2D eigenvalue weighted by Gasteiger charge is 2.31. The van der Waals surface area contributed by atoms with Gasteiger partial charge in [0.1, 0.15) is 0 Å². The van der Waals surface area contributed by atoms with E-state index in [1.54, 1.807) is 0 Å². The molecule has 2 unspecified atom stereocenters. The monoisotopic (exact) mass is 271 g/mol. The summed E-state index contributed by atoms with van der Waals surface area (Å²) in [5, 5.41) is 0. The fourth-order valence-corrected chi connectivity index (χ4v) is 3.67. The van der Waals surface area contributed by atoms with Crippen molar-refractivity contribution in [3.8, 4) is 0 Å². The predicted molar refractivity (Wildman–Crippen MR) is 84.1 cm³/mol. The average Bonchev–Trinajstić information content (AvgIpc) is 2.88. The molecule has 0 fully saturated rings. The summed E-state index contributed by atoms with van der Waals surface area (Å²) in [5.41, 5.74) is 3.95. The molecule has 0 saturated heterocycles. The Kier molecular flexibility index (Phi) is 3.79. The molecule has 2 aromatic rings. The molecule has 0 radical (unpaired) electrons. The Morgan fingerprint density at radius 1 is 1.25 bits per heavy atom. The molecule has 1 aliphatic heterocycles. The van der Waals surface area contributed by atoms with Crippen LogP contribution in [0.1, 0.15) is 45.2 Å². The first-order chi connectivity index (χ1) is 9.76. The lowest BCUT2D eigenvalue weighted by Gasteiger charge is -2.39. The maximum absolute atomic E-state index is 4.57. The van der Waals surface area contributed by atoms with Crippen LogP contribution in [0, 0.1) is 0 Å². The smallest absolute Gasteiger partial charge is 0.0961 e. The molecule has 0 aliphatic carbocycles. The molecule has 108 valence electrons. The lowest BCUT2D eigenvalue weighted by atomic mass is 9.93. The van der Waals surface area contributed by atoms with Gasteiger partial charge in [-0.2, -0.15) is 0 Å². The molecule has 2 heterocycles. The third-order valence-electron chi connectivity index (χ3n) is 4.59. The van der Waals surface area contributed by atoms with E-state index in [2.05, 4.69) is 53.4 Å². The zero-order valence-electron chi connectivity index (χ0n) is 12.8. The summed E-state index contributed by atoms with van der Waals surface area (Å²) in [6.45, 7) is 9.30. The van der Waals surface area contributed by atoms with Crippen molar-refractivity contribution >= 4 is 11.0 Å². The van der Waals surface area contributed by atoms with Crippen LogP contribution in [0.15, 0.2) is 24.5 Å². The summed E-state index contributed by atoms with van der Waals surface area (Å²) < 4.78 is 2.39. The van der Waals surface area contributed by atoms with E-state index in [-0.39, 0.29) is 0 Å². The van der Waals surface area contributed by atoms with E-state index in [0.29, 0.717) is 12.1 Å². The Labute approximate surface area is 121 Å². The number of nitrogens with zero attached hydrogens (tertiary/aromatic N) is 3. The van der Waals surface area contributed by atoms with Crippen LogP contribution in [0.25, 0.3) is 11.0 Å².